The normalized spacial score (nSPS) is 10.3. The molecule has 0 atom stereocenters. The van der Waals surface area contributed by atoms with Crippen LogP contribution in [0.4, 0.5) is 10.1 Å². The SMILES string of the molecule is Cc1cc(Oc2ccc(CN)cc2F)ccc1[N+](=O)[O-]. The van der Waals surface area contributed by atoms with Crippen LogP contribution in [0.1, 0.15) is 11.1 Å². The van der Waals surface area contributed by atoms with E-state index in [9.17, 15) is 14.5 Å². The summed E-state index contributed by atoms with van der Waals surface area (Å²) in [4.78, 5) is 10.2. The Morgan fingerprint density at radius 3 is 2.60 bits per heavy atom. The lowest BCUT2D eigenvalue weighted by molar-refractivity contribution is -0.385. The second-order valence-corrected chi connectivity index (χ2v) is 4.28. The lowest BCUT2D eigenvalue weighted by Gasteiger charge is -2.08. The Morgan fingerprint density at radius 2 is 2.05 bits per heavy atom. The molecule has 0 fully saturated rings. The van der Waals surface area contributed by atoms with Crippen LogP contribution in [0.25, 0.3) is 0 Å². The third kappa shape index (κ3) is 2.92. The lowest BCUT2D eigenvalue weighted by atomic mass is 10.2. The zero-order chi connectivity index (χ0) is 14.7. The van der Waals surface area contributed by atoms with E-state index in [4.69, 9.17) is 10.5 Å². The molecular formula is C14H13FN2O3. The van der Waals surface area contributed by atoms with Gasteiger partial charge in [-0.3, -0.25) is 10.1 Å². The molecule has 0 aliphatic carbocycles. The monoisotopic (exact) mass is 276 g/mol. The standard InChI is InChI=1S/C14H13FN2O3/c1-9-6-11(3-4-13(9)17(18)19)20-14-5-2-10(8-16)7-12(14)15/h2-7H,8,16H2,1H3. The number of halogens is 1. The average molecular weight is 276 g/mol. The molecule has 5 nitrogen and oxygen atoms in total. The molecule has 6 heteroatoms. The predicted molar refractivity (Wildman–Crippen MR) is 72.2 cm³/mol. The molecule has 0 aliphatic heterocycles. The van der Waals surface area contributed by atoms with Crippen molar-refractivity contribution in [1.82, 2.24) is 0 Å². The molecule has 2 aromatic carbocycles. The topological polar surface area (TPSA) is 78.4 Å². The van der Waals surface area contributed by atoms with E-state index < -0.39 is 10.7 Å². The number of hydrogen-bond donors (Lipinski definition) is 1. The summed E-state index contributed by atoms with van der Waals surface area (Å²) in [6.07, 6.45) is 0. The van der Waals surface area contributed by atoms with Gasteiger partial charge in [0.1, 0.15) is 5.75 Å². The molecule has 0 heterocycles. The van der Waals surface area contributed by atoms with E-state index in [1.54, 1.807) is 13.0 Å². The molecule has 0 radical (unpaired) electrons. The van der Waals surface area contributed by atoms with Gasteiger partial charge in [0.15, 0.2) is 11.6 Å². The first-order valence-corrected chi connectivity index (χ1v) is 5.92. The quantitative estimate of drug-likeness (QED) is 0.686. The second-order valence-electron chi connectivity index (χ2n) is 4.28. The van der Waals surface area contributed by atoms with Crippen LogP contribution in [-0.4, -0.2) is 4.92 Å². The number of aryl methyl sites for hydroxylation is 1. The highest BCUT2D eigenvalue weighted by Crippen LogP contribution is 2.28. The van der Waals surface area contributed by atoms with Crippen LogP contribution in [0.15, 0.2) is 36.4 Å². The minimum Gasteiger partial charge on any atom is -0.454 e. The van der Waals surface area contributed by atoms with Gasteiger partial charge in [-0.1, -0.05) is 6.07 Å². The highest BCUT2D eigenvalue weighted by atomic mass is 19.1. The smallest absolute Gasteiger partial charge is 0.272 e. The maximum absolute atomic E-state index is 13.7. The molecule has 0 aliphatic rings. The van der Waals surface area contributed by atoms with Gasteiger partial charge in [-0.05, 0) is 36.8 Å². The fourth-order valence-corrected chi connectivity index (χ4v) is 1.78. The third-order valence-electron chi connectivity index (χ3n) is 2.82. The number of benzene rings is 2. The van der Waals surface area contributed by atoms with Gasteiger partial charge >= 0.3 is 0 Å². The van der Waals surface area contributed by atoms with E-state index in [0.717, 1.165) is 0 Å². The van der Waals surface area contributed by atoms with Gasteiger partial charge in [0.2, 0.25) is 0 Å². The van der Waals surface area contributed by atoms with E-state index >= 15 is 0 Å². The number of ether oxygens (including phenoxy) is 1. The molecule has 0 saturated heterocycles. The van der Waals surface area contributed by atoms with E-state index in [1.807, 2.05) is 0 Å². The van der Waals surface area contributed by atoms with Crippen LogP contribution in [0.5, 0.6) is 11.5 Å². The fourth-order valence-electron chi connectivity index (χ4n) is 1.78. The van der Waals surface area contributed by atoms with Crippen molar-refractivity contribution in [3.63, 3.8) is 0 Å². The number of nitrogens with two attached hydrogens (primary N) is 1. The minimum atomic E-state index is -0.524. The van der Waals surface area contributed by atoms with E-state index in [0.29, 0.717) is 16.9 Å². The molecule has 2 aromatic rings. The van der Waals surface area contributed by atoms with Crippen molar-refractivity contribution in [3.8, 4) is 11.5 Å². The molecule has 0 unspecified atom stereocenters. The molecule has 0 bridgehead atoms. The van der Waals surface area contributed by atoms with Crippen LogP contribution in [-0.2, 0) is 6.54 Å². The maximum atomic E-state index is 13.7. The van der Waals surface area contributed by atoms with Gasteiger partial charge in [-0.25, -0.2) is 4.39 Å². The highest BCUT2D eigenvalue weighted by Gasteiger charge is 2.12. The van der Waals surface area contributed by atoms with Crippen molar-refractivity contribution in [2.45, 2.75) is 13.5 Å². The average Bonchev–Trinajstić information content (AvgIpc) is 2.40. The van der Waals surface area contributed by atoms with E-state index in [2.05, 4.69) is 0 Å². The van der Waals surface area contributed by atoms with Crippen molar-refractivity contribution >= 4 is 5.69 Å². The summed E-state index contributed by atoms with van der Waals surface area (Å²) < 4.78 is 19.1. The molecule has 0 amide bonds. The van der Waals surface area contributed by atoms with Crippen molar-refractivity contribution in [2.75, 3.05) is 0 Å². The molecular weight excluding hydrogens is 263 g/mol. The second kappa shape index (κ2) is 5.66. The Hall–Kier alpha value is -2.47. The number of nitro benzene ring substituents is 1. The summed E-state index contributed by atoms with van der Waals surface area (Å²) in [5.74, 6) is -0.132. The van der Waals surface area contributed by atoms with E-state index in [1.165, 1.54) is 30.3 Å². The number of nitro groups is 1. The van der Waals surface area contributed by atoms with Gasteiger partial charge in [0, 0.05) is 18.2 Å². The van der Waals surface area contributed by atoms with Crippen molar-refractivity contribution in [1.29, 1.82) is 0 Å². The van der Waals surface area contributed by atoms with Gasteiger partial charge in [-0.2, -0.15) is 0 Å². The van der Waals surface area contributed by atoms with Crippen LogP contribution < -0.4 is 10.5 Å². The Morgan fingerprint density at radius 1 is 1.30 bits per heavy atom. The molecule has 0 spiro atoms. The first-order valence-electron chi connectivity index (χ1n) is 5.92. The Balaban J connectivity index is 2.26. The number of rotatable bonds is 4. The minimum absolute atomic E-state index is 0.00342. The van der Waals surface area contributed by atoms with Gasteiger partial charge in [0.05, 0.1) is 4.92 Å². The Kier molecular flexibility index (Phi) is 3.95. The Bertz CT molecular complexity index is 659. The first-order chi connectivity index (χ1) is 9.51. The summed E-state index contributed by atoms with van der Waals surface area (Å²) in [7, 11) is 0. The number of hydrogen-bond acceptors (Lipinski definition) is 4. The molecule has 104 valence electrons. The van der Waals surface area contributed by atoms with Crippen LogP contribution in [0, 0.1) is 22.9 Å². The van der Waals surface area contributed by atoms with Crippen molar-refractivity contribution < 1.29 is 14.1 Å². The molecule has 2 N–H and O–H groups in total. The fraction of sp³-hybridized carbons (Fsp3) is 0.143. The predicted octanol–water partition coefficient (Wildman–Crippen LogP) is 3.29. The van der Waals surface area contributed by atoms with Crippen molar-refractivity contribution in [2.24, 2.45) is 5.73 Å². The summed E-state index contributed by atoms with van der Waals surface area (Å²) in [5, 5.41) is 10.7. The maximum Gasteiger partial charge on any atom is 0.272 e. The summed E-state index contributed by atoms with van der Waals surface area (Å²) >= 11 is 0. The lowest BCUT2D eigenvalue weighted by Crippen LogP contribution is -1.98. The van der Waals surface area contributed by atoms with Crippen LogP contribution in [0.3, 0.4) is 0 Å². The third-order valence-corrected chi connectivity index (χ3v) is 2.82. The summed E-state index contributed by atoms with van der Waals surface area (Å²) in [5.41, 5.74) is 6.52. The van der Waals surface area contributed by atoms with Gasteiger partial charge in [-0.15, -0.1) is 0 Å². The van der Waals surface area contributed by atoms with Crippen LogP contribution in [0.2, 0.25) is 0 Å². The van der Waals surface area contributed by atoms with E-state index in [-0.39, 0.29) is 18.0 Å². The molecule has 0 aromatic heterocycles. The summed E-state index contributed by atoms with van der Waals surface area (Å²) in [6, 6.07) is 8.70. The zero-order valence-corrected chi connectivity index (χ0v) is 10.8. The summed E-state index contributed by atoms with van der Waals surface area (Å²) in [6.45, 7) is 1.84. The van der Waals surface area contributed by atoms with Crippen molar-refractivity contribution in [3.05, 3.63) is 63.5 Å². The number of nitrogens with zero attached hydrogens (tertiary/aromatic N) is 1. The van der Waals surface area contributed by atoms with Gasteiger partial charge < -0.3 is 10.5 Å². The molecule has 20 heavy (non-hydrogen) atoms. The Labute approximate surface area is 114 Å². The zero-order valence-electron chi connectivity index (χ0n) is 10.8. The highest BCUT2D eigenvalue weighted by molar-refractivity contribution is 5.45. The first kappa shape index (κ1) is 14.0. The van der Waals surface area contributed by atoms with Crippen LogP contribution >= 0.6 is 0 Å². The molecule has 2 rings (SSSR count). The van der Waals surface area contributed by atoms with Gasteiger partial charge in [0.25, 0.3) is 5.69 Å². The molecule has 0 saturated carbocycles. The largest absolute Gasteiger partial charge is 0.454 e.